The van der Waals surface area contributed by atoms with Crippen LogP contribution in [0.1, 0.15) is 18.4 Å². The summed E-state index contributed by atoms with van der Waals surface area (Å²) in [6.45, 7) is 1.14. The summed E-state index contributed by atoms with van der Waals surface area (Å²) in [6.07, 6.45) is 0.603. The fourth-order valence-corrected chi connectivity index (χ4v) is 4.55. The number of ether oxygens (including phenoxy) is 1. The van der Waals surface area contributed by atoms with Gasteiger partial charge in [-0.1, -0.05) is 53.5 Å². The van der Waals surface area contributed by atoms with Gasteiger partial charge in [0, 0.05) is 36.9 Å². The minimum atomic E-state index is -1.15. The maximum Gasteiger partial charge on any atom is 0.246 e. The van der Waals surface area contributed by atoms with Gasteiger partial charge in [-0.3, -0.25) is 14.4 Å². The molecule has 12 heteroatoms. The molecule has 3 aromatic carbocycles. The SMILES string of the molecule is NCCN(CCN)C(=O)CC(N)C(=O)NC(CCc1ccccc1)C(=O)Nc1ccc(Oc2ccc(Cl)cc2Cl)cc1. The minimum absolute atomic E-state index is 0.238. The van der Waals surface area contributed by atoms with Gasteiger partial charge in [-0.25, -0.2) is 0 Å². The Labute approximate surface area is 255 Å². The Kier molecular flexibility index (Phi) is 13.1. The summed E-state index contributed by atoms with van der Waals surface area (Å²) in [4.78, 5) is 40.4. The molecule has 0 bridgehead atoms. The smallest absolute Gasteiger partial charge is 0.246 e. The van der Waals surface area contributed by atoms with E-state index < -0.39 is 23.9 Å². The molecule has 2 unspecified atom stereocenters. The summed E-state index contributed by atoms with van der Waals surface area (Å²) in [7, 11) is 0. The van der Waals surface area contributed by atoms with Crippen molar-refractivity contribution in [3.63, 3.8) is 0 Å². The molecule has 10 nitrogen and oxygen atoms in total. The van der Waals surface area contributed by atoms with Crippen molar-refractivity contribution in [1.29, 1.82) is 0 Å². The molecular formula is C30H36Cl2N6O4. The predicted molar refractivity (Wildman–Crippen MR) is 166 cm³/mol. The van der Waals surface area contributed by atoms with Gasteiger partial charge in [-0.2, -0.15) is 0 Å². The van der Waals surface area contributed by atoms with Gasteiger partial charge in [-0.05, 0) is 60.9 Å². The minimum Gasteiger partial charge on any atom is -0.456 e. The van der Waals surface area contributed by atoms with Crippen LogP contribution in [-0.2, 0) is 20.8 Å². The highest BCUT2D eigenvalue weighted by molar-refractivity contribution is 6.35. The third-order valence-electron chi connectivity index (χ3n) is 6.32. The largest absolute Gasteiger partial charge is 0.456 e. The highest BCUT2D eigenvalue weighted by Gasteiger charge is 2.26. The lowest BCUT2D eigenvalue weighted by Gasteiger charge is -2.24. The van der Waals surface area contributed by atoms with Crippen molar-refractivity contribution < 1.29 is 19.1 Å². The van der Waals surface area contributed by atoms with Crippen LogP contribution in [0.3, 0.4) is 0 Å². The zero-order valence-electron chi connectivity index (χ0n) is 23.1. The topological polar surface area (TPSA) is 166 Å². The molecule has 0 radical (unpaired) electrons. The highest BCUT2D eigenvalue weighted by Crippen LogP contribution is 2.32. The molecule has 0 aliphatic carbocycles. The molecule has 3 aromatic rings. The molecule has 2 atom stereocenters. The zero-order valence-corrected chi connectivity index (χ0v) is 24.6. The highest BCUT2D eigenvalue weighted by atomic mass is 35.5. The maximum atomic E-state index is 13.3. The number of hydrogen-bond acceptors (Lipinski definition) is 7. The van der Waals surface area contributed by atoms with Crippen molar-refractivity contribution in [2.45, 2.75) is 31.3 Å². The Morgan fingerprint density at radius 3 is 2.17 bits per heavy atom. The number of anilines is 1. The first-order valence-electron chi connectivity index (χ1n) is 13.5. The third kappa shape index (κ3) is 10.3. The van der Waals surface area contributed by atoms with Crippen LogP contribution >= 0.6 is 23.2 Å². The molecule has 0 aliphatic heterocycles. The molecule has 0 fully saturated rings. The van der Waals surface area contributed by atoms with Crippen molar-refractivity contribution in [1.82, 2.24) is 10.2 Å². The maximum absolute atomic E-state index is 13.3. The first-order valence-corrected chi connectivity index (χ1v) is 14.3. The zero-order chi connectivity index (χ0) is 30.5. The lowest BCUT2D eigenvalue weighted by atomic mass is 10.0. The lowest BCUT2D eigenvalue weighted by molar-refractivity contribution is -0.134. The van der Waals surface area contributed by atoms with Crippen LogP contribution in [0.25, 0.3) is 0 Å². The summed E-state index contributed by atoms with van der Waals surface area (Å²) in [5, 5.41) is 6.41. The average Bonchev–Trinajstić information content (AvgIpc) is 2.97. The number of aryl methyl sites for hydroxylation is 1. The second-order valence-corrected chi connectivity index (χ2v) is 10.4. The Morgan fingerprint density at radius 1 is 0.881 bits per heavy atom. The van der Waals surface area contributed by atoms with E-state index >= 15 is 0 Å². The Morgan fingerprint density at radius 2 is 1.55 bits per heavy atom. The summed E-state index contributed by atoms with van der Waals surface area (Å²) < 4.78 is 5.80. The van der Waals surface area contributed by atoms with E-state index in [1.165, 1.54) is 4.90 Å². The molecule has 0 aliphatic rings. The van der Waals surface area contributed by atoms with Gasteiger partial charge in [-0.15, -0.1) is 0 Å². The molecule has 3 amide bonds. The van der Waals surface area contributed by atoms with Crippen LogP contribution in [-0.4, -0.2) is 60.9 Å². The van der Waals surface area contributed by atoms with Crippen molar-refractivity contribution in [3.05, 3.63) is 88.4 Å². The van der Waals surface area contributed by atoms with E-state index in [-0.39, 0.29) is 25.4 Å². The Bertz CT molecular complexity index is 1320. The van der Waals surface area contributed by atoms with E-state index in [1.54, 1.807) is 42.5 Å². The molecule has 42 heavy (non-hydrogen) atoms. The van der Waals surface area contributed by atoms with Gasteiger partial charge in [0.05, 0.1) is 17.5 Å². The summed E-state index contributed by atoms with van der Waals surface area (Å²) in [5.41, 5.74) is 18.7. The number of carbonyl (C=O) groups is 3. The number of rotatable bonds is 15. The van der Waals surface area contributed by atoms with Crippen molar-refractivity contribution >= 4 is 46.6 Å². The number of hydrogen-bond donors (Lipinski definition) is 5. The quantitative estimate of drug-likeness (QED) is 0.175. The Hall–Kier alpha value is -3.67. The average molecular weight is 616 g/mol. The molecule has 0 aromatic heterocycles. The van der Waals surface area contributed by atoms with E-state index in [9.17, 15) is 14.4 Å². The van der Waals surface area contributed by atoms with Crippen LogP contribution in [0.2, 0.25) is 10.0 Å². The van der Waals surface area contributed by atoms with Crippen LogP contribution in [0.5, 0.6) is 11.5 Å². The monoisotopic (exact) mass is 614 g/mol. The van der Waals surface area contributed by atoms with Crippen molar-refractivity contribution in [2.24, 2.45) is 17.2 Å². The van der Waals surface area contributed by atoms with Crippen LogP contribution in [0.15, 0.2) is 72.8 Å². The first-order chi connectivity index (χ1) is 20.2. The van der Waals surface area contributed by atoms with E-state index in [0.717, 1.165) is 5.56 Å². The molecule has 8 N–H and O–H groups in total. The van der Waals surface area contributed by atoms with Gasteiger partial charge >= 0.3 is 0 Å². The number of halogens is 2. The molecule has 3 rings (SSSR count). The van der Waals surface area contributed by atoms with Gasteiger partial charge in [0.25, 0.3) is 0 Å². The number of carbonyl (C=O) groups excluding carboxylic acids is 3. The number of nitrogens with zero attached hydrogens (tertiary/aromatic N) is 1. The van der Waals surface area contributed by atoms with E-state index in [4.69, 9.17) is 45.1 Å². The normalized spacial score (nSPS) is 12.2. The molecular weight excluding hydrogens is 579 g/mol. The number of nitrogens with one attached hydrogen (secondary N) is 2. The standard InChI is InChI=1S/C30H36Cl2N6O4/c31-21-7-13-27(24(32)18-21)42-23-10-8-22(9-11-23)36-30(41)26(12-6-20-4-2-1-3-5-20)37-29(40)25(35)19-28(39)38(16-14-33)17-15-34/h1-5,7-11,13,18,25-26H,6,12,14-17,19,33-35H2,(H,36,41)(H,37,40). The second kappa shape index (κ2) is 16.7. The van der Waals surface area contributed by atoms with Gasteiger partial charge in [0.1, 0.15) is 17.5 Å². The molecule has 224 valence electrons. The fraction of sp³-hybridized carbons (Fsp3) is 0.300. The number of benzene rings is 3. The van der Waals surface area contributed by atoms with Crippen LogP contribution < -0.4 is 32.6 Å². The van der Waals surface area contributed by atoms with Crippen LogP contribution in [0.4, 0.5) is 5.69 Å². The number of nitrogens with two attached hydrogens (primary N) is 3. The van der Waals surface area contributed by atoms with Gasteiger partial charge < -0.3 is 37.5 Å². The van der Waals surface area contributed by atoms with Crippen molar-refractivity contribution in [3.8, 4) is 11.5 Å². The summed E-state index contributed by atoms with van der Waals surface area (Å²) in [5.74, 6) is -0.438. The fourth-order valence-electron chi connectivity index (χ4n) is 4.11. The van der Waals surface area contributed by atoms with E-state index in [0.29, 0.717) is 53.2 Å². The van der Waals surface area contributed by atoms with Gasteiger partial charge in [0.15, 0.2) is 0 Å². The molecule has 0 heterocycles. The predicted octanol–water partition coefficient (Wildman–Crippen LogP) is 3.31. The molecule has 0 saturated carbocycles. The second-order valence-electron chi connectivity index (χ2n) is 9.54. The summed E-state index contributed by atoms with van der Waals surface area (Å²) in [6, 6.07) is 19.1. The molecule has 0 saturated heterocycles. The van der Waals surface area contributed by atoms with E-state index in [2.05, 4.69) is 10.6 Å². The molecule has 0 spiro atoms. The van der Waals surface area contributed by atoms with E-state index in [1.807, 2.05) is 30.3 Å². The van der Waals surface area contributed by atoms with Gasteiger partial charge in [0.2, 0.25) is 17.7 Å². The summed E-state index contributed by atoms with van der Waals surface area (Å²) >= 11 is 12.1. The van der Waals surface area contributed by atoms with Crippen LogP contribution in [0, 0.1) is 0 Å². The van der Waals surface area contributed by atoms with Crippen molar-refractivity contribution in [2.75, 3.05) is 31.5 Å². The lowest BCUT2D eigenvalue weighted by Crippen LogP contribution is -2.52. The Balaban J connectivity index is 1.66. The third-order valence-corrected chi connectivity index (χ3v) is 6.85. The first kappa shape index (κ1) is 32.8. The number of amides is 3.